The first-order valence-corrected chi connectivity index (χ1v) is 8.49. The maximum Gasteiger partial charge on any atom is 0.406 e. The third-order valence-electron chi connectivity index (χ3n) is 3.67. The lowest BCUT2D eigenvalue weighted by Gasteiger charge is -2.09. The Kier molecular flexibility index (Phi) is 5.50. The number of nitrogens with zero attached hydrogens (tertiary/aromatic N) is 3. The maximum absolute atomic E-state index is 12.8. The molecule has 0 aliphatic heterocycles. The molecule has 0 aliphatic rings. The van der Waals surface area contributed by atoms with Crippen molar-refractivity contribution in [1.82, 2.24) is 9.90 Å². The fraction of sp³-hybridized carbons (Fsp3) is 0.167. The minimum atomic E-state index is -0.924. The number of aliphatic hydroxyl groups excluding tert-OH is 1. The van der Waals surface area contributed by atoms with E-state index in [1.54, 1.807) is 54.6 Å². The zero-order chi connectivity index (χ0) is 18.5. The molecule has 134 valence electrons. The monoisotopic (exact) mass is 372 g/mol. The van der Waals surface area contributed by atoms with E-state index in [1.165, 1.54) is 9.36 Å². The van der Waals surface area contributed by atoms with E-state index >= 15 is 0 Å². The summed E-state index contributed by atoms with van der Waals surface area (Å²) in [6.45, 7) is -0.0377. The number of rotatable bonds is 6. The van der Waals surface area contributed by atoms with Gasteiger partial charge in [0, 0.05) is 5.90 Å². The fourth-order valence-electron chi connectivity index (χ4n) is 2.46. The van der Waals surface area contributed by atoms with E-state index in [2.05, 4.69) is 10.2 Å². The summed E-state index contributed by atoms with van der Waals surface area (Å²) >= 11 is 5.66. The van der Waals surface area contributed by atoms with Crippen molar-refractivity contribution in [3.63, 3.8) is 0 Å². The van der Waals surface area contributed by atoms with Crippen LogP contribution >= 0.6 is 11.6 Å². The number of nitrogens with one attached hydrogen (secondary N) is 1. The number of H-pyrrole nitrogens is 1. The van der Waals surface area contributed by atoms with E-state index < -0.39 is 17.6 Å². The highest BCUT2D eigenvalue weighted by molar-refractivity contribution is 6.18. The molecule has 7 nitrogen and oxygen atoms in total. The molecule has 0 bridgehead atoms. The number of aromatic nitrogens is 3. The van der Waals surface area contributed by atoms with Crippen molar-refractivity contribution < 1.29 is 14.9 Å². The van der Waals surface area contributed by atoms with Gasteiger partial charge in [-0.3, -0.25) is 4.99 Å². The topological polar surface area (TPSA) is 97.3 Å². The van der Waals surface area contributed by atoms with Gasteiger partial charge in [0.15, 0.2) is 5.69 Å². The van der Waals surface area contributed by atoms with Gasteiger partial charge < -0.3 is 10.2 Å². The average Bonchev–Trinajstić information content (AvgIpc) is 2.99. The molecule has 1 atom stereocenters. The SMILES string of the molecule is O=c1c(C([O-])=Nc2ccccc2)[n+](CC(O)CCl)[nH]n1-c1ccccc1. The Balaban J connectivity index is 2.11. The van der Waals surface area contributed by atoms with Crippen LogP contribution < -0.4 is 15.3 Å². The average molecular weight is 373 g/mol. The van der Waals surface area contributed by atoms with E-state index in [9.17, 15) is 15.0 Å². The molecule has 0 saturated heterocycles. The maximum atomic E-state index is 12.8. The first-order chi connectivity index (χ1) is 12.6. The largest absolute Gasteiger partial charge is 0.855 e. The summed E-state index contributed by atoms with van der Waals surface area (Å²) in [6, 6.07) is 17.4. The lowest BCUT2D eigenvalue weighted by Crippen LogP contribution is -2.50. The van der Waals surface area contributed by atoms with E-state index in [1.807, 2.05) is 6.07 Å². The van der Waals surface area contributed by atoms with E-state index in [-0.39, 0.29) is 18.1 Å². The molecule has 3 rings (SSSR count). The predicted octanol–water partition coefficient (Wildman–Crippen LogP) is 0.491. The van der Waals surface area contributed by atoms with Crippen LogP contribution in [0.3, 0.4) is 0 Å². The Bertz CT molecular complexity index is 952. The van der Waals surface area contributed by atoms with Crippen molar-refractivity contribution in [3.05, 3.63) is 76.7 Å². The lowest BCUT2D eigenvalue weighted by atomic mass is 10.3. The summed E-state index contributed by atoms with van der Waals surface area (Å²) in [6.07, 6.45) is -0.924. The van der Waals surface area contributed by atoms with Crippen molar-refractivity contribution in [2.45, 2.75) is 12.6 Å². The quantitative estimate of drug-likeness (QED) is 0.285. The fourth-order valence-corrected chi connectivity index (χ4v) is 2.56. The number of para-hydroxylation sites is 2. The number of aromatic amines is 1. The van der Waals surface area contributed by atoms with Crippen molar-refractivity contribution in [3.8, 4) is 5.69 Å². The Morgan fingerprint density at radius 1 is 1.19 bits per heavy atom. The van der Waals surface area contributed by atoms with Gasteiger partial charge in [0.1, 0.15) is 12.6 Å². The summed E-state index contributed by atoms with van der Waals surface area (Å²) in [5, 5.41) is 25.3. The number of alkyl halides is 1. The first kappa shape index (κ1) is 17.9. The molecule has 1 heterocycles. The van der Waals surface area contributed by atoms with Crippen molar-refractivity contribution in [2.24, 2.45) is 4.99 Å². The summed E-state index contributed by atoms with van der Waals surface area (Å²) < 4.78 is 2.51. The normalized spacial score (nSPS) is 12.9. The zero-order valence-corrected chi connectivity index (χ0v) is 14.5. The van der Waals surface area contributed by atoms with Gasteiger partial charge in [0.05, 0.1) is 11.6 Å². The number of hydrogen-bond acceptors (Lipinski definition) is 4. The van der Waals surface area contributed by atoms with Crippen LogP contribution in [-0.2, 0) is 6.54 Å². The molecule has 0 aliphatic carbocycles. The van der Waals surface area contributed by atoms with Gasteiger partial charge in [0.25, 0.3) is 0 Å². The highest BCUT2D eigenvalue weighted by Gasteiger charge is 2.24. The van der Waals surface area contributed by atoms with Crippen molar-refractivity contribution in [2.75, 3.05) is 5.88 Å². The molecule has 1 unspecified atom stereocenters. The molecule has 0 radical (unpaired) electrons. The highest BCUT2D eigenvalue weighted by Crippen LogP contribution is 2.10. The molecule has 3 aromatic rings. The number of aliphatic imine (C=N–C) groups is 1. The molecule has 8 heteroatoms. The van der Waals surface area contributed by atoms with Crippen molar-refractivity contribution in [1.29, 1.82) is 0 Å². The van der Waals surface area contributed by atoms with Gasteiger partial charge in [-0.1, -0.05) is 46.3 Å². The minimum absolute atomic E-state index is 0.0327. The third-order valence-corrected chi connectivity index (χ3v) is 4.03. The number of benzene rings is 2. The number of halogens is 1. The number of aliphatic hydroxyl groups is 1. The summed E-state index contributed by atoms with van der Waals surface area (Å²) in [5.41, 5.74) is 0.267. The van der Waals surface area contributed by atoms with Gasteiger partial charge in [-0.25, -0.2) is 4.79 Å². The van der Waals surface area contributed by atoms with Crippen LogP contribution in [0.5, 0.6) is 0 Å². The van der Waals surface area contributed by atoms with Gasteiger partial charge in [-0.15, -0.1) is 11.6 Å². The van der Waals surface area contributed by atoms with Gasteiger partial charge in [-0.05, 0) is 24.3 Å². The molecule has 0 spiro atoms. The smallest absolute Gasteiger partial charge is 0.406 e. The lowest BCUT2D eigenvalue weighted by molar-refractivity contribution is -0.762. The minimum Gasteiger partial charge on any atom is -0.855 e. The molecule has 2 aromatic carbocycles. The molecule has 0 amide bonds. The zero-order valence-electron chi connectivity index (χ0n) is 13.7. The van der Waals surface area contributed by atoms with E-state index in [0.29, 0.717) is 11.4 Å². The van der Waals surface area contributed by atoms with Gasteiger partial charge in [-0.2, -0.15) is 4.68 Å². The van der Waals surface area contributed by atoms with Crippen LogP contribution in [0.25, 0.3) is 5.69 Å². The Morgan fingerprint density at radius 2 is 1.81 bits per heavy atom. The molecule has 0 saturated carbocycles. The standard InChI is InChI=1S/C18H17ClN4O3/c19-11-15(24)12-22-16(17(25)20-13-7-3-1-4-8-13)18(26)23(21-22)14-9-5-2-6-10-14/h1-10,15,24H,11-12H2,(H-,20,21,25,26). The number of hydrogen-bond donors (Lipinski definition) is 2. The molecular formula is C18H17ClN4O3. The van der Waals surface area contributed by atoms with E-state index in [0.717, 1.165) is 0 Å². The van der Waals surface area contributed by atoms with Crippen LogP contribution in [0.2, 0.25) is 0 Å². The van der Waals surface area contributed by atoms with Gasteiger partial charge in [0.2, 0.25) is 5.69 Å². The summed E-state index contributed by atoms with van der Waals surface area (Å²) in [4.78, 5) is 16.8. The van der Waals surface area contributed by atoms with Crippen molar-refractivity contribution >= 4 is 23.2 Å². The predicted molar refractivity (Wildman–Crippen MR) is 96.0 cm³/mol. The highest BCUT2D eigenvalue weighted by atomic mass is 35.5. The first-order valence-electron chi connectivity index (χ1n) is 7.95. The molecule has 2 N–H and O–H groups in total. The molecule has 1 aromatic heterocycles. The Labute approximate surface area is 154 Å². The molecule has 26 heavy (non-hydrogen) atoms. The van der Waals surface area contributed by atoms with Crippen LogP contribution in [0.4, 0.5) is 5.69 Å². The second-order valence-electron chi connectivity index (χ2n) is 5.60. The summed E-state index contributed by atoms with van der Waals surface area (Å²) in [7, 11) is 0. The summed E-state index contributed by atoms with van der Waals surface area (Å²) in [5.74, 6) is -0.733. The van der Waals surface area contributed by atoms with Crippen LogP contribution in [0.15, 0.2) is 70.5 Å². The molecular weight excluding hydrogens is 356 g/mol. The third kappa shape index (κ3) is 3.84. The second kappa shape index (κ2) is 7.99. The molecule has 0 fully saturated rings. The van der Waals surface area contributed by atoms with Crippen LogP contribution in [0, 0.1) is 0 Å². The second-order valence-corrected chi connectivity index (χ2v) is 5.90. The van der Waals surface area contributed by atoms with E-state index in [4.69, 9.17) is 11.6 Å². The van der Waals surface area contributed by atoms with Crippen LogP contribution in [-0.4, -0.2) is 32.9 Å². The van der Waals surface area contributed by atoms with Gasteiger partial charge >= 0.3 is 5.56 Å². The van der Waals surface area contributed by atoms with Crippen LogP contribution in [0.1, 0.15) is 5.69 Å². The Hall–Kier alpha value is -2.90. The Morgan fingerprint density at radius 3 is 2.42 bits per heavy atom.